The van der Waals surface area contributed by atoms with Crippen molar-refractivity contribution in [2.45, 2.75) is 11.7 Å². The Balaban J connectivity index is 3.09. The summed E-state index contributed by atoms with van der Waals surface area (Å²) >= 11 is 4.33. The zero-order valence-electron chi connectivity index (χ0n) is 7.29. The number of ether oxygens (including phenoxy) is 1. The van der Waals surface area contributed by atoms with E-state index in [9.17, 15) is 26.3 Å². The summed E-state index contributed by atoms with van der Waals surface area (Å²) in [7, 11) is 0. The zero-order valence-corrected chi connectivity index (χ0v) is 8.04. The second kappa shape index (κ2) is 4.04. The normalized spacial score (nSPS) is 12.7. The minimum Gasteiger partial charge on any atom is -0.420 e. The lowest BCUT2D eigenvalue weighted by atomic mass is 10.2. The van der Waals surface area contributed by atoms with Crippen molar-refractivity contribution in [3.63, 3.8) is 0 Å². The topological polar surface area (TPSA) is 9.23 Å². The molecule has 0 heterocycles. The van der Waals surface area contributed by atoms with Crippen LogP contribution in [-0.4, -0.2) is 5.57 Å². The summed E-state index contributed by atoms with van der Waals surface area (Å²) in [6.07, 6.45) is -4.86. The molecule has 16 heavy (non-hydrogen) atoms. The van der Waals surface area contributed by atoms with Gasteiger partial charge in [-0.05, 0) is 12.1 Å². The van der Waals surface area contributed by atoms with E-state index in [4.69, 9.17) is 0 Å². The van der Waals surface area contributed by atoms with Crippen LogP contribution in [0.3, 0.4) is 0 Å². The monoisotopic (exact) mass is 264 g/mol. The van der Waals surface area contributed by atoms with Crippen molar-refractivity contribution in [1.29, 1.82) is 0 Å². The van der Waals surface area contributed by atoms with Crippen LogP contribution in [0.4, 0.5) is 26.3 Å². The van der Waals surface area contributed by atoms with Crippen molar-refractivity contribution in [3.8, 4) is 5.75 Å². The highest BCUT2D eigenvalue weighted by Gasteiger charge is 2.33. The van der Waals surface area contributed by atoms with Gasteiger partial charge in [-0.1, -0.05) is 0 Å². The summed E-state index contributed by atoms with van der Waals surface area (Å²) in [6.45, 7) is 0. The number of hydrogen-bond donors (Lipinski definition) is 0. The minimum absolute atomic E-state index is 0.152. The van der Waals surface area contributed by atoms with Crippen LogP contribution in [0.2, 0.25) is 0 Å². The Kier molecular flexibility index (Phi) is 3.27. The molecule has 0 aromatic heterocycles. The van der Waals surface area contributed by atoms with Gasteiger partial charge in [-0.2, -0.15) is 13.2 Å². The predicted octanol–water partition coefficient (Wildman–Crippen LogP) is 4.01. The van der Waals surface area contributed by atoms with Gasteiger partial charge >= 0.3 is 11.7 Å². The molecule has 0 bridgehead atoms. The van der Waals surface area contributed by atoms with E-state index >= 15 is 0 Å². The fraction of sp³-hybridized carbons (Fsp3) is 0.250. The smallest absolute Gasteiger partial charge is 0.420 e. The molecule has 90 valence electrons. The Bertz CT molecular complexity index is 383. The molecule has 0 saturated heterocycles. The van der Waals surface area contributed by atoms with Crippen LogP contribution in [0.25, 0.3) is 0 Å². The number of halogens is 7. The van der Waals surface area contributed by atoms with Gasteiger partial charge in [0.15, 0.2) is 0 Å². The Morgan fingerprint density at radius 3 is 2.00 bits per heavy atom. The second-order valence-electron chi connectivity index (χ2n) is 2.72. The van der Waals surface area contributed by atoms with Crippen LogP contribution in [0.1, 0.15) is 5.56 Å². The summed E-state index contributed by atoms with van der Waals surface area (Å²) in [4.78, 5) is 0. The van der Waals surface area contributed by atoms with Crippen molar-refractivity contribution < 1.29 is 31.1 Å². The fourth-order valence-corrected chi connectivity index (χ4v) is 1.01. The lowest BCUT2D eigenvalue weighted by molar-refractivity contribution is -0.138. The van der Waals surface area contributed by atoms with E-state index < -0.39 is 28.9 Å². The van der Waals surface area contributed by atoms with E-state index in [1.807, 2.05) is 0 Å². The lowest BCUT2D eigenvalue weighted by Crippen LogP contribution is -2.16. The quantitative estimate of drug-likeness (QED) is 0.579. The van der Waals surface area contributed by atoms with Gasteiger partial charge in [0.1, 0.15) is 11.6 Å². The number of alkyl halides is 6. The van der Waals surface area contributed by atoms with Crippen LogP contribution >= 0.6 is 11.6 Å². The number of rotatable bonds is 2. The largest absolute Gasteiger partial charge is 0.487 e. The molecule has 0 aliphatic carbocycles. The third-order valence-electron chi connectivity index (χ3n) is 1.43. The van der Waals surface area contributed by atoms with Crippen molar-refractivity contribution in [3.05, 3.63) is 29.6 Å². The number of hydrogen-bond acceptors (Lipinski definition) is 1. The molecular weight excluding hydrogens is 262 g/mol. The molecule has 0 aliphatic rings. The molecule has 0 radical (unpaired) electrons. The first kappa shape index (κ1) is 13.0. The molecule has 1 aromatic rings. The van der Waals surface area contributed by atoms with E-state index in [1.54, 1.807) is 0 Å². The van der Waals surface area contributed by atoms with Gasteiger partial charge in [0, 0.05) is 17.7 Å². The maximum Gasteiger partial charge on any atom is 0.487 e. The Morgan fingerprint density at radius 2 is 1.56 bits per heavy atom. The van der Waals surface area contributed by atoms with E-state index in [0.717, 1.165) is 0 Å². The van der Waals surface area contributed by atoms with Gasteiger partial charge in [0.25, 0.3) is 0 Å². The first-order valence-electron chi connectivity index (χ1n) is 3.71. The first-order valence-corrected chi connectivity index (χ1v) is 4.09. The summed E-state index contributed by atoms with van der Waals surface area (Å²) in [5.41, 5.74) is -5.64. The molecule has 0 amide bonds. The van der Waals surface area contributed by atoms with Gasteiger partial charge in [-0.15, -0.1) is 8.78 Å². The highest BCUT2D eigenvalue weighted by Crippen LogP contribution is 2.34. The number of benzene rings is 1. The Labute approximate surface area is 90.6 Å². The molecule has 1 rings (SSSR count). The third-order valence-corrected chi connectivity index (χ3v) is 1.51. The maximum absolute atomic E-state index is 12.7. The fourth-order valence-electron chi connectivity index (χ4n) is 0.919. The molecule has 1 aromatic carbocycles. The van der Waals surface area contributed by atoms with Gasteiger partial charge in [0.05, 0.1) is 5.56 Å². The molecule has 1 nitrogen and oxygen atoms in total. The highest BCUT2D eigenvalue weighted by molar-refractivity contribution is 6.20. The van der Waals surface area contributed by atoms with Crippen LogP contribution < -0.4 is 4.74 Å². The van der Waals surface area contributed by atoms with Crippen molar-refractivity contribution >= 4 is 11.6 Å². The van der Waals surface area contributed by atoms with Gasteiger partial charge in [0.2, 0.25) is 0 Å². The molecule has 0 N–H and O–H groups in total. The molecule has 0 spiro atoms. The third kappa shape index (κ3) is 3.80. The SMILES string of the molecule is Fc1cc(OC(F)(F)Cl)cc(C(F)(F)F)c1. The van der Waals surface area contributed by atoms with Crippen LogP contribution in [0.5, 0.6) is 5.75 Å². The second-order valence-corrected chi connectivity index (χ2v) is 3.16. The molecule has 0 saturated carbocycles. The summed E-state index contributed by atoms with van der Waals surface area (Å²) < 4.78 is 76.9. The van der Waals surface area contributed by atoms with E-state index in [-0.39, 0.29) is 12.1 Å². The van der Waals surface area contributed by atoms with Crippen LogP contribution in [0, 0.1) is 5.82 Å². The van der Waals surface area contributed by atoms with Gasteiger partial charge in [-0.3, -0.25) is 0 Å². The lowest BCUT2D eigenvalue weighted by Gasteiger charge is -2.13. The minimum atomic E-state index is -4.86. The van der Waals surface area contributed by atoms with Gasteiger partial charge < -0.3 is 4.74 Å². The molecule has 8 heteroatoms. The molecular formula is C8H3ClF6O. The first-order chi connectivity index (χ1) is 7.08. The predicted molar refractivity (Wildman–Crippen MR) is 42.8 cm³/mol. The van der Waals surface area contributed by atoms with Crippen molar-refractivity contribution in [2.75, 3.05) is 0 Å². The standard InChI is InChI=1S/C8H3ClF6O/c9-8(14,15)16-6-2-4(7(11,12)13)1-5(10)3-6/h1-3H. The van der Waals surface area contributed by atoms with E-state index in [0.29, 0.717) is 6.07 Å². The Morgan fingerprint density at radius 1 is 1.00 bits per heavy atom. The molecule has 0 aliphatic heterocycles. The van der Waals surface area contributed by atoms with Crippen LogP contribution in [0.15, 0.2) is 18.2 Å². The summed E-state index contributed by atoms with van der Waals surface area (Å²) in [6, 6.07) is 0.740. The average molecular weight is 265 g/mol. The Hall–Kier alpha value is -1.11. The van der Waals surface area contributed by atoms with Crippen molar-refractivity contribution in [1.82, 2.24) is 0 Å². The van der Waals surface area contributed by atoms with Crippen molar-refractivity contribution in [2.24, 2.45) is 0 Å². The molecule has 0 unspecified atom stereocenters. The van der Waals surface area contributed by atoms with Crippen LogP contribution in [-0.2, 0) is 6.18 Å². The summed E-state index contributed by atoms with van der Waals surface area (Å²) in [5.74, 6) is -2.36. The van der Waals surface area contributed by atoms with Gasteiger partial charge in [-0.25, -0.2) is 4.39 Å². The zero-order chi connectivity index (χ0) is 12.6. The molecule has 0 atom stereocenters. The molecule has 0 fully saturated rings. The van der Waals surface area contributed by atoms with E-state index in [2.05, 4.69) is 16.3 Å². The van der Waals surface area contributed by atoms with E-state index in [1.165, 1.54) is 0 Å². The average Bonchev–Trinajstić information content (AvgIpc) is 1.97. The maximum atomic E-state index is 12.7. The summed E-state index contributed by atoms with van der Waals surface area (Å²) in [5, 5.41) is 0. The highest BCUT2D eigenvalue weighted by atomic mass is 35.5.